The van der Waals surface area contributed by atoms with Gasteiger partial charge in [-0.2, -0.15) is 0 Å². The second kappa shape index (κ2) is 7.85. The lowest BCUT2D eigenvalue weighted by molar-refractivity contribution is -0.140. The first kappa shape index (κ1) is 17.3. The number of carboxylic acid groups (broad SMARTS) is 1. The number of hydrogen-bond acceptors (Lipinski definition) is 3. The van der Waals surface area contributed by atoms with Crippen molar-refractivity contribution in [1.29, 1.82) is 0 Å². The maximum Gasteiger partial charge on any atom is 0.326 e. The summed E-state index contributed by atoms with van der Waals surface area (Å²) in [6.07, 6.45) is 1.63. The molecule has 1 heterocycles. The molecule has 0 aromatic carbocycles. The zero-order chi connectivity index (χ0) is 16.0. The third kappa shape index (κ3) is 5.61. The number of hydrogen-bond donors (Lipinski definition) is 3. The number of amides is 3. The normalized spacial score (nSPS) is 17.4. The Labute approximate surface area is 125 Å². The Morgan fingerprint density at radius 3 is 2.24 bits per heavy atom. The van der Waals surface area contributed by atoms with Gasteiger partial charge in [0.05, 0.1) is 0 Å². The number of nitrogens with one attached hydrogen (secondary N) is 2. The van der Waals surface area contributed by atoms with Gasteiger partial charge >= 0.3 is 12.0 Å². The maximum atomic E-state index is 12.1. The first-order chi connectivity index (χ1) is 9.81. The van der Waals surface area contributed by atoms with Crippen LogP contribution >= 0.6 is 0 Å². The average molecular weight is 299 g/mol. The molecular weight excluding hydrogens is 274 g/mol. The number of carboxylic acids is 1. The first-order valence-corrected chi connectivity index (χ1v) is 7.34. The lowest BCUT2D eigenvalue weighted by Crippen LogP contribution is -2.52. The second-order valence-electron chi connectivity index (χ2n) is 5.88. The largest absolute Gasteiger partial charge is 0.480 e. The van der Waals surface area contributed by atoms with E-state index >= 15 is 0 Å². The van der Waals surface area contributed by atoms with Crippen molar-refractivity contribution in [3.8, 4) is 0 Å². The van der Waals surface area contributed by atoms with Crippen LogP contribution in [-0.4, -0.2) is 53.6 Å². The molecule has 1 fully saturated rings. The van der Waals surface area contributed by atoms with Gasteiger partial charge in [-0.25, -0.2) is 9.59 Å². The van der Waals surface area contributed by atoms with E-state index in [1.54, 1.807) is 18.7 Å². The van der Waals surface area contributed by atoms with Crippen molar-refractivity contribution in [2.24, 2.45) is 11.8 Å². The molecule has 0 aromatic heterocycles. The smallest absolute Gasteiger partial charge is 0.326 e. The number of nitrogens with zero attached hydrogens (tertiary/aromatic N) is 1. The van der Waals surface area contributed by atoms with Crippen LogP contribution in [0.15, 0.2) is 0 Å². The molecule has 3 N–H and O–H groups in total. The Morgan fingerprint density at radius 1 is 1.24 bits per heavy atom. The summed E-state index contributed by atoms with van der Waals surface area (Å²) in [4.78, 5) is 35.7. The first-order valence-electron chi connectivity index (χ1n) is 7.34. The highest BCUT2D eigenvalue weighted by molar-refractivity contribution is 5.82. The van der Waals surface area contributed by atoms with Crippen molar-refractivity contribution in [2.75, 3.05) is 19.6 Å². The van der Waals surface area contributed by atoms with E-state index in [4.69, 9.17) is 5.11 Å². The minimum atomic E-state index is -1.01. The van der Waals surface area contributed by atoms with Gasteiger partial charge in [0.15, 0.2) is 0 Å². The van der Waals surface area contributed by atoms with Gasteiger partial charge < -0.3 is 20.6 Å². The molecular formula is C14H25N3O4. The highest BCUT2D eigenvalue weighted by atomic mass is 16.4. The molecule has 0 saturated carbocycles. The topological polar surface area (TPSA) is 98.7 Å². The molecule has 0 aliphatic carbocycles. The summed E-state index contributed by atoms with van der Waals surface area (Å²) in [6, 6.07) is -1.19. The third-order valence-corrected chi connectivity index (χ3v) is 3.75. The quantitative estimate of drug-likeness (QED) is 0.694. The van der Waals surface area contributed by atoms with E-state index in [1.165, 1.54) is 6.92 Å². The summed E-state index contributed by atoms with van der Waals surface area (Å²) in [5, 5.41) is 14.4. The van der Waals surface area contributed by atoms with Crippen molar-refractivity contribution in [3.05, 3.63) is 0 Å². The molecule has 1 rings (SSSR count). The van der Waals surface area contributed by atoms with Crippen LogP contribution < -0.4 is 10.6 Å². The maximum absolute atomic E-state index is 12.1. The van der Waals surface area contributed by atoms with E-state index in [0.717, 1.165) is 12.8 Å². The minimum absolute atomic E-state index is 0.0450. The minimum Gasteiger partial charge on any atom is -0.480 e. The fourth-order valence-corrected chi connectivity index (χ4v) is 2.37. The molecule has 1 saturated heterocycles. The molecule has 7 heteroatoms. The van der Waals surface area contributed by atoms with Gasteiger partial charge in [0.1, 0.15) is 6.04 Å². The fraction of sp³-hybridized carbons (Fsp3) is 0.786. The summed E-state index contributed by atoms with van der Waals surface area (Å²) in [5.74, 6) is -0.850. The Balaban J connectivity index is 2.41. The SMILES string of the molecule is CC(=O)NCC1CCN(C(=O)N[C@@H](C(=O)O)C(C)C)CC1. The Morgan fingerprint density at radius 2 is 1.81 bits per heavy atom. The monoisotopic (exact) mass is 299 g/mol. The number of likely N-dealkylation sites (tertiary alicyclic amines) is 1. The van der Waals surface area contributed by atoms with Crippen molar-refractivity contribution in [1.82, 2.24) is 15.5 Å². The van der Waals surface area contributed by atoms with Gasteiger partial charge in [0.2, 0.25) is 5.91 Å². The molecule has 0 bridgehead atoms. The van der Waals surface area contributed by atoms with Crippen molar-refractivity contribution >= 4 is 17.9 Å². The van der Waals surface area contributed by atoms with Crippen LogP contribution in [0, 0.1) is 11.8 Å². The average Bonchev–Trinajstić information content (AvgIpc) is 2.42. The highest BCUT2D eigenvalue weighted by Crippen LogP contribution is 2.16. The summed E-state index contributed by atoms with van der Waals surface area (Å²) < 4.78 is 0. The van der Waals surface area contributed by atoms with Crippen LogP contribution in [0.3, 0.4) is 0 Å². The molecule has 120 valence electrons. The van der Waals surface area contributed by atoms with Crippen LogP contribution in [0.4, 0.5) is 4.79 Å². The van der Waals surface area contributed by atoms with Crippen LogP contribution in [0.5, 0.6) is 0 Å². The van der Waals surface area contributed by atoms with Crippen LogP contribution in [0.25, 0.3) is 0 Å². The van der Waals surface area contributed by atoms with Gasteiger partial charge in [0.25, 0.3) is 0 Å². The number of rotatable bonds is 5. The molecule has 7 nitrogen and oxygen atoms in total. The lowest BCUT2D eigenvalue weighted by Gasteiger charge is -2.33. The Bertz CT molecular complexity index is 390. The molecule has 1 aliphatic rings. The standard InChI is InChI=1S/C14H25N3O4/c1-9(2)12(13(19)20)16-14(21)17-6-4-11(5-7-17)8-15-10(3)18/h9,11-12H,4-8H2,1-3H3,(H,15,18)(H,16,21)(H,19,20)/t12-/m1/s1. The number of carbonyl (C=O) groups excluding carboxylic acids is 2. The number of carbonyl (C=O) groups is 3. The molecule has 1 atom stereocenters. The molecule has 0 spiro atoms. The van der Waals surface area contributed by atoms with Crippen LogP contribution in [0.2, 0.25) is 0 Å². The van der Waals surface area contributed by atoms with Crippen molar-refractivity contribution in [3.63, 3.8) is 0 Å². The Hall–Kier alpha value is -1.79. The fourth-order valence-electron chi connectivity index (χ4n) is 2.37. The Kier molecular flexibility index (Phi) is 6.45. The third-order valence-electron chi connectivity index (χ3n) is 3.75. The zero-order valence-corrected chi connectivity index (χ0v) is 12.9. The van der Waals surface area contributed by atoms with Gasteiger partial charge in [0, 0.05) is 26.6 Å². The summed E-state index contributed by atoms with van der Waals surface area (Å²) in [6.45, 7) is 6.81. The summed E-state index contributed by atoms with van der Waals surface area (Å²) >= 11 is 0. The van der Waals surface area contributed by atoms with Gasteiger partial charge in [-0.3, -0.25) is 4.79 Å². The van der Waals surface area contributed by atoms with E-state index in [2.05, 4.69) is 10.6 Å². The van der Waals surface area contributed by atoms with Crippen molar-refractivity contribution < 1.29 is 19.5 Å². The summed E-state index contributed by atoms with van der Waals surface area (Å²) in [5.41, 5.74) is 0. The summed E-state index contributed by atoms with van der Waals surface area (Å²) in [7, 11) is 0. The highest BCUT2D eigenvalue weighted by Gasteiger charge is 2.28. The number of aliphatic carboxylic acids is 1. The van der Waals surface area contributed by atoms with Gasteiger partial charge in [-0.1, -0.05) is 13.8 Å². The molecule has 0 aromatic rings. The lowest BCUT2D eigenvalue weighted by atomic mass is 9.97. The van der Waals surface area contributed by atoms with E-state index in [9.17, 15) is 14.4 Å². The van der Waals surface area contributed by atoms with Crippen molar-refractivity contribution in [2.45, 2.75) is 39.7 Å². The van der Waals surface area contributed by atoms with Crippen LogP contribution in [-0.2, 0) is 9.59 Å². The molecule has 21 heavy (non-hydrogen) atoms. The molecule has 1 aliphatic heterocycles. The number of urea groups is 1. The van der Waals surface area contributed by atoms with E-state index in [1.807, 2.05) is 0 Å². The molecule has 0 radical (unpaired) electrons. The number of piperidine rings is 1. The van der Waals surface area contributed by atoms with Crippen LogP contribution in [0.1, 0.15) is 33.6 Å². The predicted molar refractivity (Wildman–Crippen MR) is 77.8 cm³/mol. The predicted octanol–water partition coefficient (Wildman–Crippen LogP) is 0.653. The van der Waals surface area contributed by atoms with E-state index in [0.29, 0.717) is 25.6 Å². The van der Waals surface area contributed by atoms with Gasteiger partial charge in [-0.05, 0) is 24.7 Å². The zero-order valence-electron chi connectivity index (χ0n) is 12.9. The van der Waals surface area contributed by atoms with E-state index in [-0.39, 0.29) is 17.9 Å². The molecule has 0 unspecified atom stereocenters. The second-order valence-corrected chi connectivity index (χ2v) is 5.88. The van der Waals surface area contributed by atoms with E-state index < -0.39 is 12.0 Å². The van der Waals surface area contributed by atoms with Gasteiger partial charge in [-0.15, -0.1) is 0 Å². The molecule has 3 amide bonds.